The molecule has 0 aliphatic carbocycles. The van der Waals surface area contributed by atoms with E-state index in [1.807, 2.05) is 0 Å². The Morgan fingerprint density at radius 2 is 1.72 bits per heavy atom. The van der Waals surface area contributed by atoms with Crippen LogP contribution in [0.15, 0.2) is 65.0 Å². The van der Waals surface area contributed by atoms with E-state index in [0.29, 0.717) is 21.4 Å². The zero-order valence-electron chi connectivity index (χ0n) is 12.6. The molecular formula is C16H12ClN3O3S2. The van der Waals surface area contributed by atoms with Crippen LogP contribution in [0.5, 0.6) is 0 Å². The molecule has 6 nitrogen and oxygen atoms in total. The Morgan fingerprint density at radius 1 is 1.04 bits per heavy atom. The molecule has 25 heavy (non-hydrogen) atoms. The molecule has 0 aliphatic rings. The first-order valence-electron chi connectivity index (χ1n) is 7.03. The number of anilines is 2. The predicted octanol–water partition coefficient (Wildman–Crippen LogP) is 3.85. The Bertz CT molecular complexity index is 970. The number of hydrogen-bond donors (Lipinski definition) is 2. The van der Waals surface area contributed by atoms with Crippen molar-refractivity contribution >= 4 is 49.7 Å². The molecule has 3 aromatic rings. The summed E-state index contributed by atoms with van der Waals surface area (Å²) in [6.07, 6.45) is 1.58. The molecule has 0 radical (unpaired) electrons. The molecule has 3 rings (SSSR count). The van der Waals surface area contributed by atoms with Gasteiger partial charge in [-0.25, -0.2) is 13.4 Å². The van der Waals surface area contributed by atoms with Crippen LogP contribution in [0.4, 0.5) is 10.8 Å². The van der Waals surface area contributed by atoms with Gasteiger partial charge in [-0.15, -0.1) is 11.3 Å². The van der Waals surface area contributed by atoms with Gasteiger partial charge in [-0.2, -0.15) is 0 Å². The lowest BCUT2D eigenvalue weighted by molar-refractivity contribution is 0.102. The molecule has 2 N–H and O–H groups in total. The van der Waals surface area contributed by atoms with Gasteiger partial charge in [0.1, 0.15) is 0 Å². The van der Waals surface area contributed by atoms with E-state index in [0.717, 1.165) is 0 Å². The third-order valence-corrected chi connectivity index (χ3v) is 5.51. The van der Waals surface area contributed by atoms with Crippen molar-refractivity contribution in [2.45, 2.75) is 4.90 Å². The zero-order chi connectivity index (χ0) is 17.9. The maximum atomic E-state index is 12.4. The Hall–Kier alpha value is -2.42. The Balaban J connectivity index is 1.74. The van der Waals surface area contributed by atoms with Crippen LogP contribution < -0.4 is 10.0 Å². The lowest BCUT2D eigenvalue weighted by Crippen LogP contribution is -2.14. The number of rotatable bonds is 5. The quantitative estimate of drug-likeness (QED) is 0.689. The second-order valence-corrected chi connectivity index (χ2v) is 7.94. The number of benzene rings is 2. The summed E-state index contributed by atoms with van der Waals surface area (Å²) in [5.74, 6) is -0.357. The highest BCUT2D eigenvalue weighted by Gasteiger charge is 2.15. The largest absolute Gasteiger partial charge is 0.298 e. The van der Waals surface area contributed by atoms with E-state index in [9.17, 15) is 13.2 Å². The summed E-state index contributed by atoms with van der Waals surface area (Å²) in [7, 11) is -3.75. The van der Waals surface area contributed by atoms with Crippen molar-refractivity contribution < 1.29 is 13.2 Å². The van der Waals surface area contributed by atoms with Gasteiger partial charge >= 0.3 is 0 Å². The van der Waals surface area contributed by atoms with Crippen LogP contribution in [0.25, 0.3) is 0 Å². The van der Waals surface area contributed by atoms with Crippen molar-refractivity contribution in [2.75, 3.05) is 10.0 Å². The van der Waals surface area contributed by atoms with Gasteiger partial charge in [-0.05, 0) is 48.5 Å². The molecular weight excluding hydrogens is 382 g/mol. The summed E-state index contributed by atoms with van der Waals surface area (Å²) >= 11 is 7.08. The van der Waals surface area contributed by atoms with Crippen molar-refractivity contribution in [1.82, 2.24) is 4.98 Å². The van der Waals surface area contributed by atoms with Gasteiger partial charge in [-0.1, -0.05) is 11.6 Å². The Labute approximate surface area is 153 Å². The lowest BCUT2D eigenvalue weighted by Gasteiger charge is -2.09. The standard InChI is InChI=1S/C16H12ClN3O3S2/c17-12-3-5-13(6-4-12)20-25(22,23)14-7-1-11(2-8-14)15(21)19-16-18-9-10-24-16/h1-10,20H,(H,18,19,21). The van der Waals surface area contributed by atoms with Gasteiger partial charge in [0.15, 0.2) is 5.13 Å². The normalized spacial score (nSPS) is 11.1. The molecule has 0 saturated heterocycles. The third kappa shape index (κ3) is 4.36. The van der Waals surface area contributed by atoms with E-state index in [-0.39, 0.29) is 10.8 Å². The molecule has 2 aromatic carbocycles. The van der Waals surface area contributed by atoms with Crippen LogP contribution in [0.2, 0.25) is 5.02 Å². The fourth-order valence-corrected chi connectivity index (χ4v) is 3.68. The molecule has 0 saturated carbocycles. The number of sulfonamides is 1. The molecule has 0 fully saturated rings. The number of hydrogen-bond acceptors (Lipinski definition) is 5. The summed E-state index contributed by atoms with van der Waals surface area (Å²) in [6, 6.07) is 11.9. The van der Waals surface area contributed by atoms with E-state index in [4.69, 9.17) is 11.6 Å². The number of nitrogens with one attached hydrogen (secondary N) is 2. The molecule has 0 bridgehead atoms. The average Bonchev–Trinajstić information content (AvgIpc) is 3.10. The highest BCUT2D eigenvalue weighted by Crippen LogP contribution is 2.19. The number of carbonyl (C=O) groups is 1. The van der Waals surface area contributed by atoms with Crippen LogP contribution >= 0.6 is 22.9 Å². The van der Waals surface area contributed by atoms with Gasteiger partial charge in [-0.3, -0.25) is 14.8 Å². The fourth-order valence-electron chi connectivity index (χ4n) is 1.97. The predicted molar refractivity (Wildman–Crippen MR) is 98.8 cm³/mol. The number of carbonyl (C=O) groups excluding carboxylic acids is 1. The molecule has 128 valence electrons. The summed E-state index contributed by atoms with van der Waals surface area (Å²) in [5.41, 5.74) is 0.732. The van der Waals surface area contributed by atoms with Crippen LogP contribution in [-0.2, 0) is 10.0 Å². The van der Waals surface area contributed by atoms with E-state index in [1.165, 1.54) is 35.6 Å². The molecule has 0 unspecified atom stereocenters. The molecule has 0 spiro atoms. The number of thiazole rings is 1. The molecule has 1 heterocycles. The van der Waals surface area contributed by atoms with E-state index < -0.39 is 10.0 Å². The third-order valence-electron chi connectivity index (χ3n) is 3.18. The first kappa shape index (κ1) is 17.4. The number of nitrogens with zero attached hydrogens (tertiary/aromatic N) is 1. The summed E-state index contributed by atoms with van der Waals surface area (Å²) in [5, 5.41) is 5.37. The number of aromatic nitrogens is 1. The molecule has 0 aliphatic heterocycles. The first-order valence-corrected chi connectivity index (χ1v) is 9.77. The first-order chi connectivity index (χ1) is 11.9. The molecule has 9 heteroatoms. The van der Waals surface area contributed by atoms with Gasteiger partial charge < -0.3 is 0 Å². The Morgan fingerprint density at radius 3 is 2.32 bits per heavy atom. The number of amides is 1. The highest BCUT2D eigenvalue weighted by atomic mass is 35.5. The zero-order valence-corrected chi connectivity index (χ0v) is 15.0. The Kier molecular flexibility index (Phi) is 5.03. The van der Waals surface area contributed by atoms with Crippen molar-refractivity contribution in [3.8, 4) is 0 Å². The minimum atomic E-state index is -3.75. The van der Waals surface area contributed by atoms with Crippen molar-refractivity contribution in [1.29, 1.82) is 0 Å². The van der Waals surface area contributed by atoms with Gasteiger partial charge in [0.2, 0.25) is 0 Å². The highest BCUT2D eigenvalue weighted by molar-refractivity contribution is 7.92. The maximum absolute atomic E-state index is 12.4. The average molecular weight is 394 g/mol. The molecule has 1 aromatic heterocycles. The smallest absolute Gasteiger partial charge is 0.261 e. The van der Waals surface area contributed by atoms with Crippen molar-refractivity contribution in [2.24, 2.45) is 0 Å². The van der Waals surface area contributed by atoms with E-state index >= 15 is 0 Å². The lowest BCUT2D eigenvalue weighted by atomic mass is 10.2. The minimum absolute atomic E-state index is 0.0493. The van der Waals surface area contributed by atoms with Crippen LogP contribution in [0.3, 0.4) is 0 Å². The van der Waals surface area contributed by atoms with Crippen LogP contribution in [-0.4, -0.2) is 19.3 Å². The van der Waals surface area contributed by atoms with Gasteiger partial charge in [0.05, 0.1) is 4.90 Å². The second-order valence-electron chi connectivity index (χ2n) is 4.93. The van der Waals surface area contributed by atoms with E-state index in [1.54, 1.807) is 35.8 Å². The summed E-state index contributed by atoms with van der Waals surface area (Å²) in [6.45, 7) is 0. The summed E-state index contributed by atoms with van der Waals surface area (Å²) in [4.78, 5) is 16.1. The van der Waals surface area contributed by atoms with Crippen molar-refractivity contribution in [3.05, 3.63) is 70.7 Å². The summed E-state index contributed by atoms with van der Waals surface area (Å²) < 4.78 is 27.2. The van der Waals surface area contributed by atoms with Gasteiger partial charge in [0, 0.05) is 27.9 Å². The fraction of sp³-hybridized carbons (Fsp3) is 0. The number of halogens is 1. The van der Waals surface area contributed by atoms with Crippen molar-refractivity contribution in [3.63, 3.8) is 0 Å². The molecule has 0 atom stereocenters. The minimum Gasteiger partial charge on any atom is -0.298 e. The second kappa shape index (κ2) is 7.22. The van der Waals surface area contributed by atoms with Gasteiger partial charge in [0.25, 0.3) is 15.9 Å². The SMILES string of the molecule is O=C(Nc1nccs1)c1ccc(S(=O)(=O)Nc2ccc(Cl)cc2)cc1. The molecule has 1 amide bonds. The maximum Gasteiger partial charge on any atom is 0.261 e. The van der Waals surface area contributed by atoms with Crippen LogP contribution in [0, 0.1) is 0 Å². The van der Waals surface area contributed by atoms with E-state index in [2.05, 4.69) is 15.0 Å². The van der Waals surface area contributed by atoms with Crippen LogP contribution in [0.1, 0.15) is 10.4 Å². The monoisotopic (exact) mass is 393 g/mol. The topological polar surface area (TPSA) is 88.2 Å².